The van der Waals surface area contributed by atoms with E-state index < -0.39 is 17.7 Å². The van der Waals surface area contributed by atoms with Crippen LogP contribution in [-0.2, 0) is 0 Å². The fourth-order valence-electron chi connectivity index (χ4n) is 1.52. The summed E-state index contributed by atoms with van der Waals surface area (Å²) in [5.41, 5.74) is 6.17. The standard InChI is InChI=1S/C12H10F2N2O/c13-9-4-3-7(6-10(9)14)11(17)8-2-1-5-16-12(8)15/h1-6,11,17H,(H2,15,16). The zero-order valence-corrected chi connectivity index (χ0v) is 8.77. The molecule has 5 heteroatoms. The number of hydrogen-bond donors (Lipinski definition) is 2. The molecule has 1 aromatic carbocycles. The number of anilines is 1. The van der Waals surface area contributed by atoms with E-state index >= 15 is 0 Å². The van der Waals surface area contributed by atoms with Gasteiger partial charge in [-0.05, 0) is 23.8 Å². The number of benzene rings is 1. The van der Waals surface area contributed by atoms with Crippen LogP contribution in [0, 0.1) is 11.6 Å². The van der Waals surface area contributed by atoms with Crippen LogP contribution in [0.3, 0.4) is 0 Å². The third kappa shape index (κ3) is 2.24. The molecule has 0 aliphatic carbocycles. The van der Waals surface area contributed by atoms with Crippen LogP contribution in [0.15, 0.2) is 36.5 Å². The Bertz CT molecular complexity index is 546. The predicted molar refractivity (Wildman–Crippen MR) is 59.1 cm³/mol. The molecule has 1 heterocycles. The third-order valence-corrected chi connectivity index (χ3v) is 2.43. The van der Waals surface area contributed by atoms with Crippen LogP contribution in [0.1, 0.15) is 17.2 Å². The van der Waals surface area contributed by atoms with Gasteiger partial charge in [-0.1, -0.05) is 12.1 Å². The van der Waals surface area contributed by atoms with Crippen molar-refractivity contribution in [3.05, 3.63) is 59.3 Å². The monoisotopic (exact) mass is 236 g/mol. The van der Waals surface area contributed by atoms with E-state index in [4.69, 9.17) is 5.73 Å². The van der Waals surface area contributed by atoms with Crippen LogP contribution in [0.2, 0.25) is 0 Å². The van der Waals surface area contributed by atoms with Crippen molar-refractivity contribution in [2.24, 2.45) is 0 Å². The molecule has 3 nitrogen and oxygen atoms in total. The molecule has 0 saturated heterocycles. The number of pyridine rings is 1. The average molecular weight is 236 g/mol. The summed E-state index contributed by atoms with van der Waals surface area (Å²) < 4.78 is 25.8. The maximum absolute atomic E-state index is 13.0. The van der Waals surface area contributed by atoms with E-state index in [0.717, 1.165) is 12.1 Å². The van der Waals surface area contributed by atoms with Crippen molar-refractivity contribution in [1.82, 2.24) is 4.98 Å². The van der Waals surface area contributed by atoms with Crippen molar-refractivity contribution in [1.29, 1.82) is 0 Å². The molecule has 0 aliphatic rings. The summed E-state index contributed by atoms with van der Waals surface area (Å²) in [4.78, 5) is 3.82. The minimum absolute atomic E-state index is 0.157. The van der Waals surface area contributed by atoms with Crippen molar-refractivity contribution in [2.75, 3.05) is 5.73 Å². The van der Waals surface area contributed by atoms with Crippen molar-refractivity contribution >= 4 is 5.82 Å². The minimum Gasteiger partial charge on any atom is -0.384 e. The van der Waals surface area contributed by atoms with E-state index in [2.05, 4.69) is 4.98 Å². The molecule has 1 aromatic heterocycles. The lowest BCUT2D eigenvalue weighted by atomic mass is 10.0. The van der Waals surface area contributed by atoms with Crippen LogP contribution < -0.4 is 5.73 Å². The average Bonchev–Trinajstić information content (AvgIpc) is 2.32. The number of aliphatic hydroxyl groups is 1. The predicted octanol–water partition coefficient (Wildman–Crippen LogP) is 2.02. The Morgan fingerprint density at radius 3 is 2.59 bits per heavy atom. The van der Waals surface area contributed by atoms with Gasteiger partial charge in [0.1, 0.15) is 11.9 Å². The fourth-order valence-corrected chi connectivity index (χ4v) is 1.52. The molecule has 1 atom stereocenters. The van der Waals surface area contributed by atoms with Gasteiger partial charge in [-0.3, -0.25) is 0 Å². The summed E-state index contributed by atoms with van der Waals surface area (Å²) in [7, 11) is 0. The van der Waals surface area contributed by atoms with E-state index in [1.807, 2.05) is 0 Å². The summed E-state index contributed by atoms with van der Waals surface area (Å²) in [6, 6.07) is 6.38. The molecular weight excluding hydrogens is 226 g/mol. The maximum atomic E-state index is 13.0. The molecule has 2 aromatic rings. The molecule has 0 saturated carbocycles. The van der Waals surface area contributed by atoms with E-state index in [9.17, 15) is 13.9 Å². The van der Waals surface area contributed by atoms with Gasteiger partial charge in [0.05, 0.1) is 0 Å². The maximum Gasteiger partial charge on any atom is 0.159 e. The van der Waals surface area contributed by atoms with E-state index in [1.165, 1.54) is 12.3 Å². The smallest absolute Gasteiger partial charge is 0.159 e. The number of nitrogens with two attached hydrogens (primary N) is 1. The topological polar surface area (TPSA) is 59.1 Å². The number of nitrogen functional groups attached to an aromatic ring is 1. The van der Waals surface area contributed by atoms with Gasteiger partial charge in [-0.2, -0.15) is 0 Å². The lowest BCUT2D eigenvalue weighted by molar-refractivity contribution is 0.220. The molecule has 1 unspecified atom stereocenters. The van der Waals surface area contributed by atoms with Crippen molar-refractivity contribution in [3.8, 4) is 0 Å². The van der Waals surface area contributed by atoms with E-state index in [1.54, 1.807) is 12.1 Å². The lowest BCUT2D eigenvalue weighted by Gasteiger charge is -2.13. The van der Waals surface area contributed by atoms with Crippen LogP contribution in [0.4, 0.5) is 14.6 Å². The SMILES string of the molecule is Nc1ncccc1C(O)c1ccc(F)c(F)c1. The second-order valence-electron chi connectivity index (χ2n) is 3.55. The highest BCUT2D eigenvalue weighted by Crippen LogP contribution is 2.25. The zero-order chi connectivity index (χ0) is 12.4. The molecule has 2 rings (SSSR count). The van der Waals surface area contributed by atoms with Gasteiger partial charge in [0.2, 0.25) is 0 Å². The molecule has 88 valence electrons. The van der Waals surface area contributed by atoms with E-state index in [-0.39, 0.29) is 11.4 Å². The van der Waals surface area contributed by atoms with Gasteiger partial charge >= 0.3 is 0 Å². The fraction of sp³-hybridized carbons (Fsp3) is 0.0833. The molecule has 0 amide bonds. The second kappa shape index (κ2) is 4.47. The van der Waals surface area contributed by atoms with Crippen LogP contribution in [0.25, 0.3) is 0 Å². The van der Waals surface area contributed by atoms with Crippen molar-refractivity contribution in [3.63, 3.8) is 0 Å². The number of hydrogen-bond acceptors (Lipinski definition) is 3. The second-order valence-corrected chi connectivity index (χ2v) is 3.55. The van der Waals surface area contributed by atoms with Gasteiger partial charge in [-0.25, -0.2) is 13.8 Å². The van der Waals surface area contributed by atoms with Crippen LogP contribution in [0.5, 0.6) is 0 Å². The summed E-state index contributed by atoms with van der Waals surface area (Å²) >= 11 is 0. The number of nitrogens with zero attached hydrogens (tertiary/aromatic N) is 1. The first kappa shape index (κ1) is 11.5. The van der Waals surface area contributed by atoms with Gasteiger partial charge in [-0.15, -0.1) is 0 Å². The van der Waals surface area contributed by atoms with Gasteiger partial charge < -0.3 is 10.8 Å². The van der Waals surface area contributed by atoms with Gasteiger partial charge in [0, 0.05) is 11.8 Å². The van der Waals surface area contributed by atoms with Crippen LogP contribution in [-0.4, -0.2) is 10.1 Å². The highest BCUT2D eigenvalue weighted by Gasteiger charge is 2.15. The zero-order valence-electron chi connectivity index (χ0n) is 8.77. The number of aromatic nitrogens is 1. The van der Waals surface area contributed by atoms with Crippen molar-refractivity contribution in [2.45, 2.75) is 6.10 Å². The van der Waals surface area contributed by atoms with Gasteiger partial charge in [0.25, 0.3) is 0 Å². The Morgan fingerprint density at radius 1 is 1.18 bits per heavy atom. The van der Waals surface area contributed by atoms with Crippen molar-refractivity contribution < 1.29 is 13.9 Å². The number of rotatable bonds is 2. The molecule has 0 bridgehead atoms. The van der Waals surface area contributed by atoms with Crippen LogP contribution >= 0.6 is 0 Å². The highest BCUT2D eigenvalue weighted by atomic mass is 19.2. The Labute approximate surface area is 96.5 Å². The molecule has 0 aliphatic heterocycles. The summed E-state index contributed by atoms with van der Waals surface area (Å²) in [5, 5.41) is 9.98. The van der Waals surface area contributed by atoms with Gasteiger partial charge in [0.15, 0.2) is 11.6 Å². The largest absolute Gasteiger partial charge is 0.384 e. The molecule has 3 N–H and O–H groups in total. The minimum atomic E-state index is -1.13. The summed E-state index contributed by atoms with van der Waals surface area (Å²) in [5.74, 6) is -1.81. The number of aliphatic hydroxyl groups excluding tert-OH is 1. The molecule has 0 spiro atoms. The molecule has 0 fully saturated rings. The summed E-state index contributed by atoms with van der Waals surface area (Å²) in [6.45, 7) is 0. The Hall–Kier alpha value is -2.01. The van der Waals surface area contributed by atoms with E-state index in [0.29, 0.717) is 5.56 Å². The Kier molecular flexibility index (Phi) is 3.01. The Balaban J connectivity index is 2.40. The summed E-state index contributed by atoms with van der Waals surface area (Å²) in [6.07, 6.45) is 0.357. The normalized spacial score (nSPS) is 12.4. The molecule has 0 radical (unpaired) electrons. The quantitative estimate of drug-likeness (QED) is 0.838. The Morgan fingerprint density at radius 2 is 1.94 bits per heavy atom. The first-order valence-electron chi connectivity index (χ1n) is 4.93. The highest BCUT2D eigenvalue weighted by molar-refractivity contribution is 5.44. The first-order chi connectivity index (χ1) is 8.09. The number of halogens is 2. The first-order valence-corrected chi connectivity index (χ1v) is 4.93. The molecule has 17 heavy (non-hydrogen) atoms. The third-order valence-electron chi connectivity index (χ3n) is 2.43. The molecular formula is C12H10F2N2O. The lowest BCUT2D eigenvalue weighted by Crippen LogP contribution is -2.05.